The molecule has 1 saturated heterocycles. The lowest BCUT2D eigenvalue weighted by Crippen LogP contribution is -1.79. The normalized spacial score (nSPS) is 15.0. The van der Waals surface area contributed by atoms with Crippen molar-refractivity contribution in [3.8, 4) is 5.75 Å². The van der Waals surface area contributed by atoms with Crippen LogP contribution in [0, 0.1) is 0 Å². The lowest BCUT2D eigenvalue weighted by Gasteiger charge is -2.06. The van der Waals surface area contributed by atoms with Gasteiger partial charge in [0.2, 0.25) is 0 Å². The number of aromatic hydroxyl groups is 1. The fourth-order valence-corrected chi connectivity index (χ4v) is 2.27. The van der Waals surface area contributed by atoms with Gasteiger partial charge in [0.25, 0.3) is 0 Å². The Morgan fingerprint density at radius 1 is 0.913 bits per heavy atom. The third-order valence-corrected chi connectivity index (χ3v) is 4.74. The zero-order chi connectivity index (χ0) is 17.6. The monoisotopic (exact) mass is 415 g/mol. The summed E-state index contributed by atoms with van der Waals surface area (Å²) in [7, 11) is 0. The van der Waals surface area contributed by atoms with Crippen molar-refractivity contribution in [3.05, 3.63) is 55.4 Å². The van der Waals surface area contributed by atoms with E-state index in [1.165, 1.54) is 0 Å². The van der Waals surface area contributed by atoms with Gasteiger partial charge in [0.05, 0.1) is 27.8 Å². The molecule has 126 valence electrons. The van der Waals surface area contributed by atoms with E-state index < -0.39 is 0 Å². The van der Waals surface area contributed by atoms with Crippen LogP contribution in [0.2, 0.25) is 25.1 Å². The van der Waals surface area contributed by atoms with Crippen molar-refractivity contribution in [2.75, 3.05) is 12.3 Å². The van der Waals surface area contributed by atoms with E-state index in [0.717, 1.165) is 12.3 Å². The summed E-state index contributed by atoms with van der Waals surface area (Å²) >= 11 is 27.9. The molecule has 1 aliphatic heterocycles. The van der Waals surface area contributed by atoms with E-state index in [0.29, 0.717) is 6.10 Å². The van der Waals surface area contributed by atoms with E-state index in [1.807, 2.05) is 30.3 Å². The molecule has 1 aliphatic rings. The number of epoxide rings is 1. The van der Waals surface area contributed by atoms with Crippen LogP contribution in [-0.2, 0) is 4.74 Å². The van der Waals surface area contributed by atoms with Crippen molar-refractivity contribution in [3.63, 3.8) is 0 Å². The molecule has 2 aromatic rings. The lowest BCUT2D eigenvalue weighted by atomic mass is 10.3. The summed E-state index contributed by atoms with van der Waals surface area (Å²) in [6.45, 7) is 3.04. The minimum atomic E-state index is -0.363. The second kappa shape index (κ2) is 9.67. The predicted octanol–water partition coefficient (Wildman–Crippen LogP) is 6.33. The van der Waals surface area contributed by atoms with E-state index in [-0.39, 0.29) is 30.9 Å². The molecular formula is C15H14Cl5NO2. The number of nitrogens with two attached hydrogens (primary N) is 1. The number of anilines is 1. The molecule has 0 amide bonds. The van der Waals surface area contributed by atoms with Crippen molar-refractivity contribution in [2.45, 2.75) is 13.0 Å². The number of ether oxygens (including phenoxy) is 1. The summed E-state index contributed by atoms with van der Waals surface area (Å²) in [5.41, 5.74) is 6.18. The molecule has 2 aromatic carbocycles. The van der Waals surface area contributed by atoms with Gasteiger partial charge >= 0.3 is 0 Å². The number of nitrogen functional groups attached to an aromatic ring is 1. The van der Waals surface area contributed by atoms with Crippen molar-refractivity contribution >= 4 is 63.7 Å². The van der Waals surface area contributed by atoms with Gasteiger partial charge in [-0.05, 0) is 19.1 Å². The Kier molecular flexibility index (Phi) is 8.62. The SMILES string of the molecule is CC1CO1.Nc1ccccc1.Oc1c(Cl)c(Cl)c(Cl)c(Cl)c1Cl. The zero-order valence-corrected chi connectivity index (χ0v) is 15.8. The molecule has 1 heterocycles. The second-order valence-electron chi connectivity index (χ2n) is 4.47. The largest absolute Gasteiger partial charge is 0.505 e. The summed E-state index contributed by atoms with van der Waals surface area (Å²) < 4.78 is 4.71. The molecule has 3 rings (SSSR count). The highest BCUT2D eigenvalue weighted by Crippen LogP contribution is 2.47. The van der Waals surface area contributed by atoms with E-state index in [9.17, 15) is 5.11 Å². The van der Waals surface area contributed by atoms with E-state index >= 15 is 0 Å². The number of phenols is 1. The van der Waals surface area contributed by atoms with Crippen molar-refractivity contribution < 1.29 is 9.84 Å². The quantitative estimate of drug-likeness (QED) is 0.228. The molecule has 1 fully saturated rings. The topological polar surface area (TPSA) is 58.8 Å². The average Bonchev–Trinajstić information content (AvgIpc) is 3.33. The first-order valence-electron chi connectivity index (χ1n) is 6.38. The minimum absolute atomic E-state index is 0.00904. The van der Waals surface area contributed by atoms with E-state index in [1.54, 1.807) is 0 Å². The van der Waals surface area contributed by atoms with Gasteiger partial charge in [-0.15, -0.1) is 0 Å². The van der Waals surface area contributed by atoms with Gasteiger partial charge in [-0.1, -0.05) is 76.2 Å². The minimum Gasteiger partial charge on any atom is -0.505 e. The third kappa shape index (κ3) is 6.84. The standard InChI is InChI=1S/C6HCl5O.C6H7N.C3H6O/c7-1-2(8)4(10)6(12)5(11)3(1)9;7-6-4-2-1-3-5-6;1-3-2-4-3/h12H;1-5H,7H2;3H,2H2,1H3. The number of hydrogen-bond donors (Lipinski definition) is 2. The van der Waals surface area contributed by atoms with Crippen LogP contribution in [-0.4, -0.2) is 17.8 Å². The molecule has 1 atom stereocenters. The lowest BCUT2D eigenvalue weighted by molar-refractivity contribution is 0.423. The number of benzene rings is 2. The third-order valence-electron chi connectivity index (χ3n) is 2.49. The highest BCUT2D eigenvalue weighted by Gasteiger charge is 2.18. The predicted molar refractivity (Wildman–Crippen MR) is 99.4 cm³/mol. The molecule has 0 aromatic heterocycles. The van der Waals surface area contributed by atoms with Crippen molar-refractivity contribution in [1.29, 1.82) is 0 Å². The Labute approximate surface area is 159 Å². The fourth-order valence-electron chi connectivity index (χ4n) is 1.14. The summed E-state index contributed by atoms with van der Waals surface area (Å²) in [6.07, 6.45) is 0.583. The molecule has 3 nitrogen and oxygen atoms in total. The first-order valence-corrected chi connectivity index (χ1v) is 8.27. The van der Waals surface area contributed by atoms with Crippen LogP contribution >= 0.6 is 58.0 Å². The molecule has 0 bridgehead atoms. The number of para-hydroxylation sites is 1. The van der Waals surface area contributed by atoms with Crippen LogP contribution < -0.4 is 5.73 Å². The Morgan fingerprint density at radius 3 is 1.52 bits per heavy atom. The van der Waals surface area contributed by atoms with Crippen LogP contribution in [0.1, 0.15) is 6.92 Å². The average molecular weight is 418 g/mol. The Hall–Kier alpha value is -0.550. The van der Waals surface area contributed by atoms with Crippen LogP contribution in [0.5, 0.6) is 5.75 Å². The maximum atomic E-state index is 9.20. The fraction of sp³-hybridized carbons (Fsp3) is 0.200. The van der Waals surface area contributed by atoms with Gasteiger partial charge in [-0.3, -0.25) is 0 Å². The Bertz CT molecular complexity index is 543. The molecule has 0 radical (unpaired) electrons. The molecular weight excluding hydrogens is 403 g/mol. The summed E-state index contributed by atoms with van der Waals surface area (Å²) in [6, 6.07) is 9.49. The molecule has 8 heteroatoms. The summed E-state index contributed by atoms with van der Waals surface area (Å²) in [5.74, 6) is -0.363. The van der Waals surface area contributed by atoms with Crippen molar-refractivity contribution in [2.24, 2.45) is 0 Å². The van der Waals surface area contributed by atoms with E-state index in [4.69, 9.17) is 68.5 Å². The maximum Gasteiger partial charge on any atom is 0.155 e. The molecule has 1 unspecified atom stereocenters. The van der Waals surface area contributed by atoms with Crippen LogP contribution in [0.3, 0.4) is 0 Å². The van der Waals surface area contributed by atoms with Crippen LogP contribution in [0.4, 0.5) is 5.69 Å². The second-order valence-corrected chi connectivity index (χ2v) is 6.36. The highest BCUT2D eigenvalue weighted by atomic mass is 35.5. The smallest absolute Gasteiger partial charge is 0.155 e. The molecule has 23 heavy (non-hydrogen) atoms. The number of phenolic OH excluding ortho intramolecular Hbond substituents is 1. The molecule has 0 aliphatic carbocycles. The first-order chi connectivity index (χ1) is 10.8. The van der Waals surface area contributed by atoms with Crippen molar-refractivity contribution in [1.82, 2.24) is 0 Å². The molecule has 0 saturated carbocycles. The van der Waals surface area contributed by atoms with Crippen LogP contribution in [0.15, 0.2) is 30.3 Å². The van der Waals surface area contributed by atoms with Crippen LogP contribution in [0.25, 0.3) is 0 Å². The van der Waals surface area contributed by atoms with Gasteiger partial charge in [0.1, 0.15) is 10.0 Å². The number of rotatable bonds is 0. The Morgan fingerprint density at radius 2 is 1.26 bits per heavy atom. The summed E-state index contributed by atoms with van der Waals surface area (Å²) in [4.78, 5) is 0. The first kappa shape index (κ1) is 20.5. The van der Waals surface area contributed by atoms with Gasteiger partial charge in [-0.2, -0.15) is 0 Å². The maximum absolute atomic E-state index is 9.20. The zero-order valence-electron chi connectivity index (χ0n) is 12.0. The molecule has 3 N–H and O–H groups in total. The van der Waals surface area contributed by atoms with Gasteiger partial charge in [0.15, 0.2) is 5.75 Å². The number of halogens is 5. The van der Waals surface area contributed by atoms with E-state index in [2.05, 4.69) is 6.92 Å². The molecule has 0 spiro atoms. The van der Waals surface area contributed by atoms with Gasteiger partial charge < -0.3 is 15.6 Å². The number of hydrogen-bond acceptors (Lipinski definition) is 3. The van der Waals surface area contributed by atoms with Gasteiger partial charge in [-0.25, -0.2) is 0 Å². The van der Waals surface area contributed by atoms with Gasteiger partial charge in [0, 0.05) is 5.69 Å². The highest BCUT2D eigenvalue weighted by molar-refractivity contribution is 6.55. The Balaban J connectivity index is 0.000000200. The summed E-state index contributed by atoms with van der Waals surface area (Å²) in [5, 5.41) is 9.01.